The maximum Gasteiger partial charge on any atom is 0.238 e. The van der Waals surface area contributed by atoms with Gasteiger partial charge < -0.3 is 10.6 Å². The number of nitrogens with zero attached hydrogens (tertiary/aromatic N) is 1. The standard InChI is InChI=1S/C14H17F2N3O/c15-11-2-1-3-12(16)14(11)18-13(20)8-19-6-9-4-17-5-10(9)7-19/h1-3,9-10,17H,4-8H2,(H,18,20). The molecule has 0 bridgehead atoms. The molecular weight excluding hydrogens is 264 g/mol. The van der Waals surface area contributed by atoms with Crippen LogP contribution in [0.25, 0.3) is 0 Å². The third-order valence-electron chi connectivity index (χ3n) is 4.06. The van der Waals surface area contributed by atoms with Gasteiger partial charge in [0.1, 0.15) is 17.3 Å². The van der Waals surface area contributed by atoms with Crippen molar-refractivity contribution in [2.24, 2.45) is 11.8 Å². The van der Waals surface area contributed by atoms with Crippen molar-refractivity contribution < 1.29 is 13.6 Å². The maximum atomic E-state index is 13.4. The Bertz CT molecular complexity index is 491. The lowest BCUT2D eigenvalue weighted by Gasteiger charge is -2.16. The average Bonchev–Trinajstić information content (AvgIpc) is 2.94. The number of benzene rings is 1. The van der Waals surface area contributed by atoms with Crippen LogP contribution in [0.5, 0.6) is 0 Å². The Hall–Kier alpha value is -1.53. The molecule has 2 unspecified atom stereocenters. The Balaban J connectivity index is 1.58. The highest BCUT2D eigenvalue weighted by molar-refractivity contribution is 5.92. The van der Waals surface area contributed by atoms with Crippen LogP contribution in [0.4, 0.5) is 14.5 Å². The number of nitrogens with one attached hydrogen (secondary N) is 2. The summed E-state index contributed by atoms with van der Waals surface area (Å²) in [6, 6.07) is 3.53. The topological polar surface area (TPSA) is 44.4 Å². The van der Waals surface area contributed by atoms with E-state index in [2.05, 4.69) is 10.6 Å². The van der Waals surface area contributed by atoms with Gasteiger partial charge in [0.15, 0.2) is 0 Å². The van der Waals surface area contributed by atoms with Crippen molar-refractivity contribution in [2.75, 3.05) is 38.0 Å². The molecule has 0 aliphatic carbocycles. The molecule has 0 saturated carbocycles. The second-order valence-corrected chi connectivity index (χ2v) is 5.52. The molecule has 0 radical (unpaired) electrons. The van der Waals surface area contributed by atoms with Gasteiger partial charge in [-0.3, -0.25) is 9.69 Å². The molecule has 108 valence electrons. The number of halogens is 2. The monoisotopic (exact) mass is 281 g/mol. The number of hydrogen-bond acceptors (Lipinski definition) is 3. The normalized spacial score (nSPS) is 25.7. The Labute approximate surface area is 116 Å². The van der Waals surface area contributed by atoms with Gasteiger partial charge in [-0.25, -0.2) is 8.78 Å². The van der Waals surface area contributed by atoms with Crippen LogP contribution in [0.15, 0.2) is 18.2 Å². The molecule has 2 N–H and O–H groups in total. The Morgan fingerprint density at radius 1 is 1.25 bits per heavy atom. The van der Waals surface area contributed by atoms with Gasteiger partial charge >= 0.3 is 0 Å². The molecule has 1 aromatic rings. The molecule has 0 aromatic heterocycles. The second kappa shape index (κ2) is 5.46. The van der Waals surface area contributed by atoms with Crippen LogP contribution in [0.3, 0.4) is 0 Å². The zero-order valence-electron chi connectivity index (χ0n) is 11.0. The van der Waals surface area contributed by atoms with Crippen molar-refractivity contribution >= 4 is 11.6 Å². The molecule has 2 aliphatic rings. The zero-order chi connectivity index (χ0) is 14.1. The molecule has 3 rings (SSSR count). The van der Waals surface area contributed by atoms with E-state index in [9.17, 15) is 13.6 Å². The summed E-state index contributed by atoms with van der Waals surface area (Å²) in [5.74, 6) is -0.690. The SMILES string of the molecule is O=C(CN1CC2CNCC2C1)Nc1c(F)cccc1F. The first-order valence-electron chi connectivity index (χ1n) is 6.80. The van der Waals surface area contributed by atoms with Crippen LogP contribution in [-0.2, 0) is 4.79 Å². The van der Waals surface area contributed by atoms with Gasteiger partial charge in [0, 0.05) is 13.1 Å². The first kappa shape index (κ1) is 13.5. The summed E-state index contributed by atoms with van der Waals surface area (Å²) in [5, 5.41) is 5.65. The number of rotatable bonds is 3. The first-order chi connectivity index (χ1) is 9.63. The number of likely N-dealkylation sites (tertiary alicyclic amines) is 1. The summed E-state index contributed by atoms with van der Waals surface area (Å²) >= 11 is 0. The third-order valence-corrected chi connectivity index (χ3v) is 4.06. The van der Waals surface area contributed by atoms with Crippen LogP contribution in [0.1, 0.15) is 0 Å². The maximum absolute atomic E-state index is 13.4. The molecule has 2 saturated heterocycles. The molecule has 4 nitrogen and oxygen atoms in total. The van der Waals surface area contributed by atoms with Gasteiger partial charge in [-0.1, -0.05) is 6.07 Å². The lowest BCUT2D eigenvalue weighted by Crippen LogP contribution is -2.34. The highest BCUT2D eigenvalue weighted by atomic mass is 19.1. The van der Waals surface area contributed by atoms with E-state index in [0.717, 1.165) is 38.3 Å². The summed E-state index contributed by atoms with van der Waals surface area (Å²) in [5.41, 5.74) is -0.362. The van der Waals surface area contributed by atoms with Gasteiger partial charge in [-0.15, -0.1) is 0 Å². The quantitative estimate of drug-likeness (QED) is 0.870. The molecule has 2 heterocycles. The van der Waals surface area contributed by atoms with Crippen LogP contribution in [-0.4, -0.2) is 43.5 Å². The minimum absolute atomic E-state index is 0.181. The van der Waals surface area contributed by atoms with E-state index >= 15 is 0 Å². The van der Waals surface area contributed by atoms with Crippen LogP contribution < -0.4 is 10.6 Å². The predicted molar refractivity (Wildman–Crippen MR) is 71.3 cm³/mol. The summed E-state index contributed by atoms with van der Waals surface area (Å²) < 4.78 is 26.9. The Morgan fingerprint density at radius 3 is 2.45 bits per heavy atom. The van der Waals surface area contributed by atoms with Gasteiger partial charge in [0.05, 0.1) is 6.54 Å². The number of hydrogen-bond donors (Lipinski definition) is 2. The smallest absolute Gasteiger partial charge is 0.238 e. The zero-order valence-corrected chi connectivity index (χ0v) is 11.0. The molecule has 1 aromatic carbocycles. The van der Waals surface area contributed by atoms with Crippen LogP contribution >= 0.6 is 0 Å². The summed E-state index contributed by atoms with van der Waals surface area (Å²) in [7, 11) is 0. The minimum Gasteiger partial charge on any atom is -0.320 e. The van der Waals surface area contributed by atoms with Crippen LogP contribution in [0, 0.1) is 23.5 Å². The number of carbonyl (C=O) groups excluding carboxylic acids is 1. The van der Waals surface area contributed by atoms with Gasteiger partial charge in [0.2, 0.25) is 5.91 Å². The lowest BCUT2D eigenvalue weighted by molar-refractivity contribution is -0.117. The lowest BCUT2D eigenvalue weighted by atomic mass is 10.0. The summed E-state index contributed by atoms with van der Waals surface area (Å²) in [4.78, 5) is 13.9. The molecule has 6 heteroatoms. The van der Waals surface area contributed by atoms with E-state index in [0.29, 0.717) is 11.8 Å². The number of anilines is 1. The largest absolute Gasteiger partial charge is 0.320 e. The molecule has 2 aliphatic heterocycles. The molecule has 0 spiro atoms. The second-order valence-electron chi connectivity index (χ2n) is 5.52. The van der Waals surface area contributed by atoms with Gasteiger partial charge in [-0.2, -0.15) is 0 Å². The van der Waals surface area contributed by atoms with E-state index in [1.165, 1.54) is 6.07 Å². The van der Waals surface area contributed by atoms with Gasteiger partial charge in [0.25, 0.3) is 0 Å². The van der Waals surface area contributed by atoms with Crippen molar-refractivity contribution in [3.63, 3.8) is 0 Å². The fraction of sp³-hybridized carbons (Fsp3) is 0.500. The molecule has 2 fully saturated rings. The number of carbonyl (C=O) groups is 1. The highest BCUT2D eigenvalue weighted by Crippen LogP contribution is 2.26. The van der Waals surface area contributed by atoms with Crippen molar-refractivity contribution in [1.29, 1.82) is 0 Å². The minimum atomic E-state index is -0.749. The van der Waals surface area contributed by atoms with E-state index in [-0.39, 0.29) is 18.1 Å². The van der Waals surface area contributed by atoms with Crippen LogP contribution in [0.2, 0.25) is 0 Å². The number of amides is 1. The van der Waals surface area contributed by atoms with E-state index in [1.54, 1.807) is 0 Å². The van der Waals surface area contributed by atoms with Crippen molar-refractivity contribution in [3.8, 4) is 0 Å². The van der Waals surface area contributed by atoms with Gasteiger partial charge in [-0.05, 0) is 37.1 Å². The first-order valence-corrected chi connectivity index (χ1v) is 6.80. The molecule has 2 atom stereocenters. The average molecular weight is 281 g/mol. The Morgan fingerprint density at radius 2 is 1.85 bits per heavy atom. The highest BCUT2D eigenvalue weighted by Gasteiger charge is 2.36. The fourth-order valence-corrected chi connectivity index (χ4v) is 3.08. The summed E-state index contributed by atoms with van der Waals surface area (Å²) in [6.07, 6.45) is 0. The van der Waals surface area contributed by atoms with Crippen molar-refractivity contribution in [2.45, 2.75) is 0 Å². The molecule has 20 heavy (non-hydrogen) atoms. The van der Waals surface area contributed by atoms with E-state index < -0.39 is 11.6 Å². The molecular formula is C14H17F2N3O. The Kier molecular flexibility index (Phi) is 3.67. The van der Waals surface area contributed by atoms with E-state index in [1.807, 2.05) is 4.90 Å². The summed E-state index contributed by atoms with van der Waals surface area (Å²) in [6.45, 7) is 3.89. The number of fused-ring (bicyclic) bond motifs is 1. The van der Waals surface area contributed by atoms with Crippen molar-refractivity contribution in [3.05, 3.63) is 29.8 Å². The number of para-hydroxylation sites is 1. The van der Waals surface area contributed by atoms with Crippen molar-refractivity contribution in [1.82, 2.24) is 10.2 Å². The van der Waals surface area contributed by atoms with E-state index in [4.69, 9.17) is 0 Å². The third kappa shape index (κ3) is 2.66. The fourth-order valence-electron chi connectivity index (χ4n) is 3.08. The molecule has 1 amide bonds. The predicted octanol–water partition coefficient (Wildman–Crippen LogP) is 1.05.